The summed E-state index contributed by atoms with van der Waals surface area (Å²) in [6.45, 7) is 2.75. The third kappa shape index (κ3) is 5.48. The minimum absolute atomic E-state index is 0.0692. The Morgan fingerprint density at radius 3 is 2.50 bits per heavy atom. The first-order valence-corrected chi connectivity index (χ1v) is 10.1. The molecule has 158 valence electrons. The van der Waals surface area contributed by atoms with Gasteiger partial charge in [-0.05, 0) is 17.7 Å². The number of aliphatic imine (C=N–C) groups is 1. The molecule has 0 unspecified atom stereocenters. The Balaban J connectivity index is 1.53. The van der Waals surface area contributed by atoms with E-state index in [1.54, 1.807) is 31.3 Å². The number of hydrogen-bond acceptors (Lipinski definition) is 4. The standard InChI is InChI=1S/C21H24ClN5O3/c1-23-21(24-15-17-6-2-3-8-19(17)27(29)30)26-11-9-25(10-12-26)20(28)14-16-5-4-7-18(22)13-16/h2-8,13H,9-12,14-15H2,1H3,(H,23,24). The summed E-state index contributed by atoms with van der Waals surface area (Å²) in [6, 6.07) is 14.0. The number of carbonyl (C=O) groups excluding carboxylic acids is 1. The Bertz CT molecular complexity index is 942. The van der Waals surface area contributed by atoms with Gasteiger partial charge in [-0.1, -0.05) is 41.9 Å². The lowest BCUT2D eigenvalue weighted by molar-refractivity contribution is -0.385. The third-order valence-corrected chi connectivity index (χ3v) is 5.25. The molecular weight excluding hydrogens is 406 g/mol. The molecule has 0 radical (unpaired) electrons. The predicted molar refractivity (Wildman–Crippen MR) is 117 cm³/mol. The largest absolute Gasteiger partial charge is 0.352 e. The molecule has 2 aromatic carbocycles. The van der Waals surface area contributed by atoms with Crippen molar-refractivity contribution in [3.8, 4) is 0 Å². The van der Waals surface area contributed by atoms with Crippen LogP contribution in [0.5, 0.6) is 0 Å². The lowest BCUT2D eigenvalue weighted by Gasteiger charge is -2.36. The SMILES string of the molecule is CN=C(NCc1ccccc1[N+](=O)[O-])N1CCN(C(=O)Cc2cccc(Cl)c2)CC1. The van der Waals surface area contributed by atoms with Crippen molar-refractivity contribution in [2.75, 3.05) is 33.2 Å². The number of hydrogen-bond donors (Lipinski definition) is 1. The van der Waals surface area contributed by atoms with Crippen LogP contribution >= 0.6 is 11.6 Å². The van der Waals surface area contributed by atoms with Crippen molar-refractivity contribution in [1.82, 2.24) is 15.1 Å². The maximum absolute atomic E-state index is 12.6. The smallest absolute Gasteiger partial charge is 0.274 e. The molecule has 0 aliphatic carbocycles. The second-order valence-electron chi connectivity index (χ2n) is 6.96. The zero-order chi connectivity index (χ0) is 21.5. The van der Waals surface area contributed by atoms with E-state index in [4.69, 9.17) is 11.6 Å². The summed E-state index contributed by atoms with van der Waals surface area (Å²) in [7, 11) is 1.68. The maximum atomic E-state index is 12.6. The Morgan fingerprint density at radius 2 is 1.83 bits per heavy atom. The van der Waals surface area contributed by atoms with E-state index in [2.05, 4.69) is 15.2 Å². The van der Waals surface area contributed by atoms with E-state index in [1.165, 1.54) is 6.07 Å². The highest BCUT2D eigenvalue weighted by atomic mass is 35.5. The van der Waals surface area contributed by atoms with Gasteiger partial charge in [0.1, 0.15) is 0 Å². The number of rotatable bonds is 5. The number of carbonyl (C=O) groups is 1. The Kier molecular flexibility index (Phi) is 7.24. The molecule has 0 spiro atoms. The molecule has 1 aliphatic rings. The first-order valence-electron chi connectivity index (χ1n) is 9.68. The molecule has 1 N–H and O–H groups in total. The summed E-state index contributed by atoms with van der Waals surface area (Å²) in [5, 5.41) is 15.0. The Morgan fingerprint density at radius 1 is 1.13 bits per heavy atom. The van der Waals surface area contributed by atoms with Crippen LogP contribution in [-0.4, -0.2) is 59.8 Å². The lowest BCUT2D eigenvalue weighted by atomic mass is 10.1. The van der Waals surface area contributed by atoms with Crippen LogP contribution in [0.3, 0.4) is 0 Å². The van der Waals surface area contributed by atoms with Crippen molar-refractivity contribution in [3.05, 3.63) is 74.8 Å². The van der Waals surface area contributed by atoms with Gasteiger partial charge in [-0.25, -0.2) is 0 Å². The van der Waals surface area contributed by atoms with Crippen LogP contribution in [0.25, 0.3) is 0 Å². The zero-order valence-corrected chi connectivity index (χ0v) is 17.5. The number of nitrogens with one attached hydrogen (secondary N) is 1. The molecular formula is C21H24ClN5O3. The summed E-state index contributed by atoms with van der Waals surface area (Å²) < 4.78 is 0. The number of nitrogens with zero attached hydrogens (tertiary/aromatic N) is 4. The highest BCUT2D eigenvalue weighted by Gasteiger charge is 2.23. The summed E-state index contributed by atoms with van der Waals surface area (Å²) >= 11 is 6.00. The molecule has 30 heavy (non-hydrogen) atoms. The van der Waals surface area contributed by atoms with Crippen molar-refractivity contribution in [2.24, 2.45) is 4.99 Å². The molecule has 0 aromatic heterocycles. The molecule has 1 amide bonds. The number of benzene rings is 2. The second-order valence-corrected chi connectivity index (χ2v) is 7.40. The fraction of sp³-hybridized carbons (Fsp3) is 0.333. The molecule has 3 rings (SSSR count). The van der Waals surface area contributed by atoms with Crippen LogP contribution in [0.1, 0.15) is 11.1 Å². The number of guanidine groups is 1. The average Bonchev–Trinajstić information content (AvgIpc) is 2.75. The summed E-state index contributed by atoms with van der Waals surface area (Å²) in [5.74, 6) is 0.731. The van der Waals surface area contributed by atoms with Crippen molar-refractivity contribution in [3.63, 3.8) is 0 Å². The van der Waals surface area contributed by atoms with Crippen LogP contribution in [-0.2, 0) is 17.8 Å². The minimum atomic E-state index is -0.385. The molecule has 9 heteroatoms. The number of halogens is 1. The van der Waals surface area contributed by atoms with E-state index in [0.717, 1.165) is 5.56 Å². The van der Waals surface area contributed by atoms with Gasteiger partial charge in [0.15, 0.2) is 5.96 Å². The second kappa shape index (κ2) is 10.1. The summed E-state index contributed by atoms with van der Waals surface area (Å²) in [6.07, 6.45) is 0.325. The van der Waals surface area contributed by atoms with Gasteiger partial charge in [0.2, 0.25) is 5.91 Å². The van der Waals surface area contributed by atoms with Gasteiger partial charge in [0.05, 0.1) is 11.3 Å². The van der Waals surface area contributed by atoms with Gasteiger partial charge in [0.25, 0.3) is 5.69 Å². The fourth-order valence-electron chi connectivity index (χ4n) is 3.45. The number of amides is 1. The number of nitro benzene ring substituents is 1. The number of nitro groups is 1. The van der Waals surface area contributed by atoms with Crippen molar-refractivity contribution < 1.29 is 9.72 Å². The van der Waals surface area contributed by atoms with E-state index < -0.39 is 0 Å². The van der Waals surface area contributed by atoms with E-state index in [1.807, 2.05) is 23.1 Å². The van der Waals surface area contributed by atoms with Crippen LogP contribution < -0.4 is 5.32 Å². The summed E-state index contributed by atoms with van der Waals surface area (Å²) in [4.78, 5) is 31.6. The normalized spacial score (nSPS) is 14.5. The Hall–Kier alpha value is -3.13. The van der Waals surface area contributed by atoms with Gasteiger partial charge < -0.3 is 15.1 Å². The molecule has 1 saturated heterocycles. The molecule has 8 nitrogen and oxygen atoms in total. The van der Waals surface area contributed by atoms with Crippen molar-refractivity contribution in [2.45, 2.75) is 13.0 Å². The highest BCUT2D eigenvalue weighted by molar-refractivity contribution is 6.30. The monoisotopic (exact) mass is 429 g/mol. The molecule has 1 aliphatic heterocycles. The van der Waals surface area contributed by atoms with Crippen molar-refractivity contribution >= 4 is 29.2 Å². The quantitative estimate of drug-likeness (QED) is 0.341. The number of para-hydroxylation sites is 1. The lowest BCUT2D eigenvalue weighted by Crippen LogP contribution is -2.53. The van der Waals surface area contributed by atoms with Crippen LogP contribution in [0.15, 0.2) is 53.5 Å². The zero-order valence-electron chi connectivity index (χ0n) is 16.8. The molecule has 1 heterocycles. The highest BCUT2D eigenvalue weighted by Crippen LogP contribution is 2.17. The average molecular weight is 430 g/mol. The van der Waals surface area contributed by atoms with Gasteiger partial charge in [-0.15, -0.1) is 0 Å². The van der Waals surface area contributed by atoms with E-state index in [0.29, 0.717) is 55.7 Å². The molecule has 0 bridgehead atoms. The maximum Gasteiger partial charge on any atom is 0.274 e. The molecule has 0 atom stereocenters. The molecule has 0 saturated carbocycles. The minimum Gasteiger partial charge on any atom is -0.352 e. The first kappa shape index (κ1) is 21.6. The van der Waals surface area contributed by atoms with Gasteiger partial charge >= 0.3 is 0 Å². The van der Waals surface area contributed by atoms with Crippen LogP contribution in [0.4, 0.5) is 5.69 Å². The van der Waals surface area contributed by atoms with E-state index in [-0.39, 0.29) is 16.5 Å². The van der Waals surface area contributed by atoms with Gasteiger partial charge in [-0.2, -0.15) is 0 Å². The third-order valence-electron chi connectivity index (χ3n) is 5.01. The van der Waals surface area contributed by atoms with Crippen LogP contribution in [0, 0.1) is 10.1 Å². The number of piperazine rings is 1. The van der Waals surface area contributed by atoms with Crippen molar-refractivity contribution in [1.29, 1.82) is 0 Å². The summed E-state index contributed by atoms with van der Waals surface area (Å²) in [5.41, 5.74) is 1.58. The molecule has 2 aromatic rings. The van der Waals surface area contributed by atoms with Gasteiger partial charge in [0, 0.05) is 56.4 Å². The topological polar surface area (TPSA) is 91.1 Å². The van der Waals surface area contributed by atoms with Gasteiger partial charge in [-0.3, -0.25) is 19.9 Å². The Labute approximate surface area is 180 Å². The van der Waals surface area contributed by atoms with E-state index >= 15 is 0 Å². The van der Waals surface area contributed by atoms with E-state index in [9.17, 15) is 14.9 Å². The fourth-order valence-corrected chi connectivity index (χ4v) is 3.66. The first-order chi connectivity index (χ1) is 14.5. The van der Waals surface area contributed by atoms with Crippen LogP contribution in [0.2, 0.25) is 5.02 Å². The molecule has 1 fully saturated rings. The predicted octanol–water partition coefficient (Wildman–Crippen LogP) is 2.71.